The Hall–Kier alpha value is -1.56. The maximum absolute atomic E-state index is 2.20. The van der Waals surface area contributed by atoms with E-state index >= 15 is 0 Å². The largest absolute Gasteiger partial charge is 0.0683 e. The summed E-state index contributed by atoms with van der Waals surface area (Å²) in [5.41, 5.74) is 7.06. The van der Waals surface area contributed by atoms with Crippen LogP contribution in [0.25, 0.3) is 0 Å². The van der Waals surface area contributed by atoms with Gasteiger partial charge in [-0.1, -0.05) is 119 Å². The van der Waals surface area contributed by atoms with Crippen LogP contribution in [0, 0.1) is 27.7 Å². The fourth-order valence-corrected chi connectivity index (χ4v) is 1.86. The molecule has 0 heteroatoms. The molecule has 166 valence electrons. The molecule has 0 amide bonds. The van der Waals surface area contributed by atoms with E-state index in [1.807, 2.05) is 69.2 Å². The molecule has 28 heavy (non-hydrogen) atoms. The van der Waals surface area contributed by atoms with Gasteiger partial charge in [0.1, 0.15) is 0 Å². The van der Waals surface area contributed by atoms with Gasteiger partial charge in [-0.3, -0.25) is 0 Å². The molecule has 2 aromatic carbocycles. The van der Waals surface area contributed by atoms with Gasteiger partial charge in [-0.2, -0.15) is 0 Å². The minimum Gasteiger partial charge on any atom is -0.0683 e. The van der Waals surface area contributed by atoms with Gasteiger partial charge in [0.15, 0.2) is 0 Å². The van der Waals surface area contributed by atoms with E-state index in [2.05, 4.69) is 77.1 Å². The predicted octanol–water partition coefficient (Wildman–Crippen LogP) is 10.3. The highest BCUT2D eigenvalue weighted by Crippen LogP contribution is 2.12. The molecule has 0 aromatic heterocycles. The van der Waals surface area contributed by atoms with Gasteiger partial charge in [0, 0.05) is 0 Å². The molecule has 0 bridgehead atoms. The number of benzene rings is 2. The Morgan fingerprint density at radius 2 is 0.786 bits per heavy atom. The molecule has 0 aliphatic rings. The van der Waals surface area contributed by atoms with Crippen molar-refractivity contribution in [3.05, 3.63) is 70.3 Å². The zero-order chi connectivity index (χ0) is 23.5. The maximum Gasteiger partial charge on any atom is -0.0305 e. The van der Waals surface area contributed by atoms with Crippen LogP contribution in [0.5, 0.6) is 0 Å². The van der Waals surface area contributed by atoms with E-state index in [1.54, 1.807) is 0 Å². The third-order valence-corrected chi connectivity index (χ3v) is 3.52. The molecule has 0 aliphatic carbocycles. The summed E-state index contributed by atoms with van der Waals surface area (Å²) < 4.78 is 0. The van der Waals surface area contributed by atoms with Gasteiger partial charge < -0.3 is 0 Å². The van der Waals surface area contributed by atoms with Crippen molar-refractivity contribution in [2.75, 3.05) is 0 Å². The lowest BCUT2D eigenvalue weighted by Crippen LogP contribution is -1.88. The Bertz CT molecular complexity index is 474. The van der Waals surface area contributed by atoms with E-state index in [0.29, 0.717) is 0 Å². The SMILES string of the molecule is CC.CC.CC.CC.CC.CCc1cccc(C)c1C.Cc1ccccc1C. The molecule has 0 N–H and O–H groups in total. The highest BCUT2D eigenvalue weighted by atomic mass is 14.0. The van der Waals surface area contributed by atoms with Crippen molar-refractivity contribution in [3.63, 3.8) is 0 Å². The van der Waals surface area contributed by atoms with E-state index < -0.39 is 0 Å². The van der Waals surface area contributed by atoms with Crippen LogP contribution in [0.4, 0.5) is 0 Å². The summed E-state index contributed by atoms with van der Waals surface area (Å²) in [6.45, 7) is 30.8. The summed E-state index contributed by atoms with van der Waals surface area (Å²) in [5.74, 6) is 0. The zero-order valence-corrected chi connectivity index (χ0v) is 22.2. The molecule has 0 nitrogen and oxygen atoms in total. The third kappa shape index (κ3) is 20.7. The molecular weight excluding hydrogens is 336 g/mol. The van der Waals surface area contributed by atoms with Gasteiger partial charge in [-0.05, 0) is 61.9 Å². The van der Waals surface area contributed by atoms with Crippen molar-refractivity contribution in [2.45, 2.75) is 110 Å². The summed E-state index contributed by atoms with van der Waals surface area (Å²) >= 11 is 0. The quantitative estimate of drug-likeness (QED) is 0.454. The van der Waals surface area contributed by atoms with Crippen molar-refractivity contribution >= 4 is 0 Å². The molecule has 2 aromatic rings. The van der Waals surface area contributed by atoms with E-state index in [9.17, 15) is 0 Å². The molecule has 0 fully saturated rings. The van der Waals surface area contributed by atoms with Crippen LogP contribution in [0.1, 0.15) is 104 Å². The molecule has 0 heterocycles. The first-order valence-corrected chi connectivity index (χ1v) is 11.6. The van der Waals surface area contributed by atoms with Gasteiger partial charge in [0.25, 0.3) is 0 Å². The van der Waals surface area contributed by atoms with Crippen molar-refractivity contribution in [1.29, 1.82) is 0 Å². The lowest BCUT2D eigenvalue weighted by Gasteiger charge is -2.04. The Balaban J connectivity index is -0.0000000880. The van der Waals surface area contributed by atoms with Crippen LogP contribution in [0.15, 0.2) is 42.5 Å². The smallest absolute Gasteiger partial charge is 0.0305 e. The first-order chi connectivity index (χ1) is 13.6. The summed E-state index contributed by atoms with van der Waals surface area (Å²) in [5, 5.41) is 0. The minimum atomic E-state index is 1.15. The zero-order valence-electron chi connectivity index (χ0n) is 22.2. The first-order valence-electron chi connectivity index (χ1n) is 11.6. The first kappa shape index (κ1) is 37.2. The van der Waals surface area contributed by atoms with E-state index in [0.717, 1.165) is 6.42 Å². The van der Waals surface area contributed by atoms with E-state index in [4.69, 9.17) is 0 Å². The Morgan fingerprint density at radius 1 is 0.464 bits per heavy atom. The number of hydrogen-bond donors (Lipinski definition) is 0. The van der Waals surface area contributed by atoms with Crippen LogP contribution < -0.4 is 0 Å². The predicted molar refractivity (Wildman–Crippen MR) is 138 cm³/mol. The van der Waals surface area contributed by atoms with Crippen LogP contribution in [0.2, 0.25) is 0 Å². The number of rotatable bonds is 1. The standard InChI is InChI=1S/C10H14.C8H10.5C2H6/c1-4-10-7-5-6-8(2)9(10)3;1-7-5-3-4-6-8(7)2;5*1-2/h5-7H,4H2,1-3H3;3-6H,1-2H3;5*1-2H3. The van der Waals surface area contributed by atoms with Crippen LogP contribution in [0.3, 0.4) is 0 Å². The van der Waals surface area contributed by atoms with Crippen molar-refractivity contribution < 1.29 is 0 Å². The minimum absolute atomic E-state index is 1.15. The summed E-state index contributed by atoms with van der Waals surface area (Å²) in [6, 6.07) is 14.8. The highest BCUT2D eigenvalue weighted by Gasteiger charge is 1.95. The van der Waals surface area contributed by atoms with Gasteiger partial charge >= 0.3 is 0 Å². The average Bonchev–Trinajstić information content (AvgIpc) is 2.80. The molecule has 0 spiro atoms. The highest BCUT2D eigenvalue weighted by molar-refractivity contribution is 5.32. The number of hydrogen-bond acceptors (Lipinski definition) is 0. The maximum atomic E-state index is 2.20. The summed E-state index contributed by atoms with van der Waals surface area (Å²) in [6.07, 6.45) is 1.15. The monoisotopic (exact) mass is 390 g/mol. The topological polar surface area (TPSA) is 0 Å². The number of aryl methyl sites for hydroxylation is 4. The van der Waals surface area contributed by atoms with Gasteiger partial charge in [0.2, 0.25) is 0 Å². The van der Waals surface area contributed by atoms with Crippen molar-refractivity contribution in [1.82, 2.24) is 0 Å². The fourth-order valence-electron chi connectivity index (χ4n) is 1.86. The molecule has 0 unspecified atom stereocenters. The van der Waals surface area contributed by atoms with Crippen molar-refractivity contribution in [3.8, 4) is 0 Å². The lowest BCUT2D eigenvalue weighted by molar-refractivity contribution is 1.09. The Kier molecular flexibility index (Phi) is 43.9. The Labute approximate surface area is 180 Å². The molecular formula is C28H54. The summed E-state index contributed by atoms with van der Waals surface area (Å²) in [7, 11) is 0. The molecule has 0 radical (unpaired) electrons. The Morgan fingerprint density at radius 3 is 1.04 bits per heavy atom. The average molecular weight is 391 g/mol. The van der Waals surface area contributed by atoms with Crippen LogP contribution >= 0.6 is 0 Å². The van der Waals surface area contributed by atoms with Crippen LogP contribution in [-0.4, -0.2) is 0 Å². The molecule has 0 atom stereocenters. The van der Waals surface area contributed by atoms with E-state index in [1.165, 1.54) is 27.8 Å². The second-order valence-electron chi connectivity index (χ2n) is 4.80. The van der Waals surface area contributed by atoms with Gasteiger partial charge in [0.05, 0.1) is 0 Å². The molecule has 0 aliphatic heterocycles. The lowest BCUT2D eigenvalue weighted by atomic mass is 10.0. The molecule has 0 saturated heterocycles. The van der Waals surface area contributed by atoms with E-state index in [-0.39, 0.29) is 0 Å². The second-order valence-corrected chi connectivity index (χ2v) is 4.80. The molecule has 2 rings (SSSR count). The fraction of sp³-hybridized carbons (Fsp3) is 0.571. The van der Waals surface area contributed by atoms with Gasteiger partial charge in [-0.15, -0.1) is 0 Å². The summed E-state index contributed by atoms with van der Waals surface area (Å²) in [4.78, 5) is 0. The third-order valence-electron chi connectivity index (χ3n) is 3.52. The van der Waals surface area contributed by atoms with Crippen LogP contribution in [-0.2, 0) is 6.42 Å². The van der Waals surface area contributed by atoms with Crippen molar-refractivity contribution in [2.24, 2.45) is 0 Å². The molecule has 0 saturated carbocycles. The normalized spacial score (nSPS) is 7.25. The second kappa shape index (κ2) is 33.1. The van der Waals surface area contributed by atoms with Gasteiger partial charge in [-0.25, -0.2) is 0 Å².